The highest BCUT2D eigenvalue weighted by atomic mass is 16.5. The van der Waals surface area contributed by atoms with Crippen molar-refractivity contribution in [3.63, 3.8) is 0 Å². The number of anilines is 1. The van der Waals surface area contributed by atoms with Gasteiger partial charge in [0.1, 0.15) is 0 Å². The third-order valence-electron chi connectivity index (χ3n) is 3.87. The zero-order chi connectivity index (χ0) is 17.1. The van der Waals surface area contributed by atoms with Crippen molar-refractivity contribution in [3.8, 4) is 11.3 Å². The lowest BCUT2D eigenvalue weighted by atomic mass is 10.1. The van der Waals surface area contributed by atoms with Gasteiger partial charge in [0.2, 0.25) is 5.95 Å². The van der Waals surface area contributed by atoms with Crippen LogP contribution in [0.3, 0.4) is 0 Å². The van der Waals surface area contributed by atoms with Crippen molar-refractivity contribution in [2.45, 2.75) is 40.2 Å². The van der Waals surface area contributed by atoms with E-state index in [1.54, 1.807) is 6.20 Å². The topological polar surface area (TPSA) is 76.7 Å². The average molecular weight is 323 g/mol. The number of nitrogens with one attached hydrogen (secondary N) is 1. The molecule has 1 atom stereocenters. The van der Waals surface area contributed by atoms with Gasteiger partial charge in [0.05, 0.1) is 17.4 Å². The smallest absolute Gasteiger partial charge is 0.223 e. The second-order valence-corrected chi connectivity index (χ2v) is 5.79. The summed E-state index contributed by atoms with van der Waals surface area (Å²) in [5.41, 5.74) is 4.74. The molecule has 3 aromatic heterocycles. The summed E-state index contributed by atoms with van der Waals surface area (Å²) in [5.74, 6) is 1.32. The normalized spacial score (nSPS) is 12.2. The molecule has 6 nitrogen and oxygen atoms in total. The Labute approximate surface area is 141 Å². The average Bonchev–Trinajstić information content (AvgIpc) is 3.04. The van der Waals surface area contributed by atoms with E-state index < -0.39 is 0 Å². The van der Waals surface area contributed by atoms with Crippen molar-refractivity contribution in [1.82, 2.24) is 20.1 Å². The molecule has 124 valence electrons. The van der Waals surface area contributed by atoms with Crippen molar-refractivity contribution in [1.29, 1.82) is 0 Å². The highest BCUT2D eigenvalue weighted by molar-refractivity contribution is 5.62. The van der Waals surface area contributed by atoms with E-state index in [1.165, 1.54) is 0 Å². The van der Waals surface area contributed by atoms with Gasteiger partial charge in [-0.2, -0.15) is 0 Å². The molecule has 0 aliphatic rings. The van der Waals surface area contributed by atoms with E-state index in [4.69, 9.17) is 4.52 Å². The molecule has 0 bridgehead atoms. The summed E-state index contributed by atoms with van der Waals surface area (Å²) < 4.78 is 5.36. The molecule has 1 N–H and O–H groups in total. The third kappa shape index (κ3) is 3.42. The summed E-state index contributed by atoms with van der Waals surface area (Å²) in [5, 5.41) is 7.28. The fraction of sp³-hybridized carbons (Fsp3) is 0.333. The quantitative estimate of drug-likeness (QED) is 0.768. The van der Waals surface area contributed by atoms with Gasteiger partial charge >= 0.3 is 0 Å². The number of pyridine rings is 1. The van der Waals surface area contributed by atoms with E-state index in [1.807, 2.05) is 52.0 Å². The fourth-order valence-electron chi connectivity index (χ4n) is 2.50. The Morgan fingerprint density at radius 2 is 2.00 bits per heavy atom. The lowest BCUT2D eigenvalue weighted by Gasteiger charge is -2.12. The predicted molar refractivity (Wildman–Crippen MR) is 92.7 cm³/mol. The van der Waals surface area contributed by atoms with Crippen molar-refractivity contribution >= 4 is 5.95 Å². The molecular weight excluding hydrogens is 302 g/mol. The number of aryl methyl sites for hydroxylation is 3. The first kappa shape index (κ1) is 16.1. The molecule has 0 aliphatic carbocycles. The minimum atomic E-state index is -0.0645. The van der Waals surface area contributed by atoms with E-state index in [2.05, 4.69) is 25.4 Å². The summed E-state index contributed by atoms with van der Waals surface area (Å²) in [6, 6.07) is 7.80. The van der Waals surface area contributed by atoms with Gasteiger partial charge in [-0.25, -0.2) is 9.97 Å². The Bertz CT molecular complexity index is 843. The van der Waals surface area contributed by atoms with Gasteiger partial charge in [-0.15, -0.1) is 0 Å². The number of aromatic nitrogens is 4. The van der Waals surface area contributed by atoms with Crippen LogP contribution in [-0.4, -0.2) is 20.1 Å². The van der Waals surface area contributed by atoms with Crippen LogP contribution in [-0.2, 0) is 6.42 Å². The van der Waals surface area contributed by atoms with Gasteiger partial charge in [-0.3, -0.25) is 4.98 Å². The Morgan fingerprint density at radius 3 is 2.71 bits per heavy atom. The van der Waals surface area contributed by atoms with Gasteiger partial charge < -0.3 is 9.84 Å². The molecule has 0 radical (unpaired) electrons. The van der Waals surface area contributed by atoms with E-state index in [9.17, 15) is 0 Å². The van der Waals surface area contributed by atoms with Gasteiger partial charge in [0, 0.05) is 29.2 Å². The summed E-state index contributed by atoms with van der Waals surface area (Å²) in [6.45, 7) is 8.01. The number of hydrogen-bond donors (Lipinski definition) is 1. The maximum absolute atomic E-state index is 5.36. The summed E-state index contributed by atoms with van der Waals surface area (Å²) in [7, 11) is 0. The first-order valence-corrected chi connectivity index (χ1v) is 8.06. The first-order valence-electron chi connectivity index (χ1n) is 8.06. The second-order valence-electron chi connectivity index (χ2n) is 5.79. The van der Waals surface area contributed by atoms with E-state index in [0.717, 1.165) is 40.5 Å². The van der Waals surface area contributed by atoms with Crippen molar-refractivity contribution < 1.29 is 4.52 Å². The monoisotopic (exact) mass is 323 g/mol. The van der Waals surface area contributed by atoms with E-state index in [-0.39, 0.29) is 6.04 Å². The molecule has 0 aromatic carbocycles. The lowest BCUT2D eigenvalue weighted by molar-refractivity contribution is 0.368. The van der Waals surface area contributed by atoms with Crippen molar-refractivity contribution in [2.24, 2.45) is 0 Å². The van der Waals surface area contributed by atoms with Crippen LogP contribution < -0.4 is 5.32 Å². The maximum Gasteiger partial charge on any atom is 0.223 e. The van der Waals surface area contributed by atoms with Crippen LogP contribution in [0.2, 0.25) is 0 Å². The van der Waals surface area contributed by atoms with Crippen molar-refractivity contribution in [2.75, 3.05) is 5.32 Å². The SMILES string of the molecule is CCc1cc(C(C)Nc2nccc(-c3ccc(C)nc3C)n2)on1. The molecule has 1 unspecified atom stereocenters. The number of hydrogen-bond acceptors (Lipinski definition) is 6. The van der Waals surface area contributed by atoms with Crippen LogP contribution in [0.1, 0.15) is 42.7 Å². The zero-order valence-corrected chi connectivity index (χ0v) is 14.4. The van der Waals surface area contributed by atoms with Crippen LogP contribution in [0.15, 0.2) is 35.0 Å². The molecule has 6 heteroatoms. The predicted octanol–water partition coefficient (Wildman–Crippen LogP) is 3.88. The van der Waals surface area contributed by atoms with Crippen LogP contribution in [0.5, 0.6) is 0 Å². The molecule has 0 spiro atoms. The first-order chi connectivity index (χ1) is 11.6. The van der Waals surface area contributed by atoms with Crippen LogP contribution >= 0.6 is 0 Å². The van der Waals surface area contributed by atoms with Gasteiger partial charge in [0.15, 0.2) is 5.76 Å². The number of nitrogens with zero attached hydrogens (tertiary/aromatic N) is 4. The molecule has 3 aromatic rings. The van der Waals surface area contributed by atoms with Gasteiger partial charge in [-0.05, 0) is 45.4 Å². The minimum absolute atomic E-state index is 0.0645. The molecule has 0 fully saturated rings. The Hall–Kier alpha value is -2.76. The van der Waals surface area contributed by atoms with Crippen molar-refractivity contribution in [3.05, 3.63) is 53.3 Å². The highest BCUT2D eigenvalue weighted by Crippen LogP contribution is 2.23. The van der Waals surface area contributed by atoms with E-state index >= 15 is 0 Å². The number of rotatable bonds is 5. The third-order valence-corrected chi connectivity index (χ3v) is 3.87. The Balaban J connectivity index is 1.82. The fourth-order valence-corrected chi connectivity index (χ4v) is 2.50. The second kappa shape index (κ2) is 6.78. The minimum Gasteiger partial charge on any atom is -0.359 e. The van der Waals surface area contributed by atoms with E-state index in [0.29, 0.717) is 5.95 Å². The highest BCUT2D eigenvalue weighted by Gasteiger charge is 2.14. The maximum atomic E-state index is 5.36. The molecule has 24 heavy (non-hydrogen) atoms. The molecule has 0 aliphatic heterocycles. The standard InChI is InChI=1S/C18H21N5O/c1-5-14-10-17(24-23-14)13(4)21-18-19-9-8-16(22-18)15-7-6-11(2)20-12(15)3/h6-10,13H,5H2,1-4H3,(H,19,21,22). The Morgan fingerprint density at radius 1 is 1.17 bits per heavy atom. The summed E-state index contributed by atoms with van der Waals surface area (Å²) in [6.07, 6.45) is 2.59. The largest absolute Gasteiger partial charge is 0.359 e. The van der Waals surface area contributed by atoms with Gasteiger partial charge in [-0.1, -0.05) is 12.1 Å². The lowest BCUT2D eigenvalue weighted by Crippen LogP contribution is -2.09. The molecule has 0 saturated heterocycles. The molecular formula is C18H21N5O. The van der Waals surface area contributed by atoms with Crippen LogP contribution in [0.25, 0.3) is 11.3 Å². The summed E-state index contributed by atoms with van der Waals surface area (Å²) >= 11 is 0. The van der Waals surface area contributed by atoms with Crippen LogP contribution in [0, 0.1) is 13.8 Å². The van der Waals surface area contributed by atoms with Gasteiger partial charge in [0.25, 0.3) is 0 Å². The van der Waals surface area contributed by atoms with Crippen LogP contribution in [0.4, 0.5) is 5.95 Å². The molecule has 3 rings (SSSR count). The summed E-state index contributed by atoms with van der Waals surface area (Å²) in [4.78, 5) is 13.4. The molecule has 0 saturated carbocycles. The Kier molecular flexibility index (Phi) is 4.55. The molecule has 0 amide bonds. The zero-order valence-electron chi connectivity index (χ0n) is 14.4. The molecule has 3 heterocycles.